The van der Waals surface area contributed by atoms with Gasteiger partial charge in [-0.25, -0.2) is 0 Å². The second-order valence-corrected chi connectivity index (χ2v) is 4.64. The Morgan fingerprint density at radius 3 is 3.06 bits per heavy atom. The third-order valence-electron chi connectivity index (χ3n) is 3.18. The molecule has 1 fully saturated rings. The van der Waals surface area contributed by atoms with E-state index in [4.69, 9.17) is 15.2 Å². The molecular formula is C14H22N2O2. The van der Waals surface area contributed by atoms with Gasteiger partial charge in [-0.3, -0.25) is 4.90 Å². The second-order valence-electron chi connectivity index (χ2n) is 4.64. The number of morpholine rings is 1. The Kier molecular flexibility index (Phi) is 4.99. The Bertz CT molecular complexity index is 371. The van der Waals surface area contributed by atoms with Gasteiger partial charge >= 0.3 is 0 Å². The molecule has 1 aliphatic rings. The van der Waals surface area contributed by atoms with Crippen molar-refractivity contribution < 1.29 is 9.47 Å². The van der Waals surface area contributed by atoms with Gasteiger partial charge in [0.05, 0.1) is 12.7 Å². The molecule has 1 unspecified atom stereocenters. The molecule has 0 bridgehead atoms. The van der Waals surface area contributed by atoms with Gasteiger partial charge in [0.2, 0.25) is 0 Å². The Labute approximate surface area is 109 Å². The van der Waals surface area contributed by atoms with Gasteiger partial charge in [0, 0.05) is 31.7 Å². The summed E-state index contributed by atoms with van der Waals surface area (Å²) in [6.07, 6.45) is 0.329. The summed E-state index contributed by atoms with van der Waals surface area (Å²) in [5.41, 5.74) is 6.74. The molecule has 18 heavy (non-hydrogen) atoms. The van der Waals surface area contributed by atoms with Crippen LogP contribution in [0.25, 0.3) is 0 Å². The number of hydrogen-bond donors (Lipinski definition) is 1. The molecule has 4 heteroatoms. The highest BCUT2D eigenvalue weighted by molar-refractivity contribution is 5.32. The first kappa shape index (κ1) is 13.3. The van der Waals surface area contributed by atoms with Crippen LogP contribution in [0.1, 0.15) is 12.5 Å². The van der Waals surface area contributed by atoms with E-state index in [2.05, 4.69) is 11.8 Å². The number of nitrogens with zero attached hydrogens (tertiary/aromatic N) is 1. The van der Waals surface area contributed by atoms with Crippen LogP contribution in [0.3, 0.4) is 0 Å². The fraction of sp³-hybridized carbons (Fsp3) is 0.571. The summed E-state index contributed by atoms with van der Waals surface area (Å²) in [6.45, 7) is 7.06. The Morgan fingerprint density at radius 1 is 1.44 bits per heavy atom. The van der Waals surface area contributed by atoms with Gasteiger partial charge in [0.1, 0.15) is 12.4 Å². The van der Waals surface area contributed by atoms with Crippen LogP contribution in [-0.4, -0.2) is 43.9 Å². The minimum atomic E-state index is 0.329. The highest BCUT2D eigenvalue weighted by Gasteiger charge is 2.16. The van der Waals surface area contributed by atoms with Crippen molar-refractivity contribution in [2.75, 3.05) is 32.8 Å². The number of para-hydroxylation sites is 1. The molecule has 0 aromatic heterocycles. The van der Waals surface area contributed by atoms with Crippen molar-refractivity contribution in [2.24, 2.45) is 5.73 Å². The molecule has 1 heterocycles. The van der Waals surface area contributed by atoms with Gasteiger partial charge in [0.25, 0.3) is 0 Å². The molecule has 0 radical (unpaired) electrons. The minimum absolute atomic E-state index is 0.329. The van der Waals surface area contributed by atoms with Crippen LogP contribution in [0.4, 0.5) is 0 Å². The summed E-state index contributed by atoms with van der Waals surface area (Å²) in [4.78, 5) is 2.37. The lowest BCUT2D eigenvalue weighted by Crippen LogP contribution is -2.42. The standard InChI is InChI=1S/C14H22N2O2/c1-12-11-16(6-8-17-12)7-9-18-14-5-3-2-4-13(14)10-15/h2-5,12H,6-11,15H2,1H3. The number of nitrogens with two attached hydrogens (primary N) is 1. The van der Waals surface area contributed by atoms with E-state index in [1.165, 1.54) is 0 Å². The lowest BCUT2D eigenvalue weighted by molar-refractivity contribution is -0.0214. The normalized spacial score (nSPS) is 20.9. The zero-order valence-electron chi connectivity index (χ0n) is 11.0. The highest BCUT2D eigenvalue weighted by atomic mass is 16.5. The molecule has 4 nitrogen and oxygen atoms in total. The smallest absolute Gasteiger partial charge is 0.123 e. The van der Waals surface area contributed by atoms with Crippen molar-refractivity contribution in [1.29, 1.82) is 0 Å². The number of hydrogen-bond acceptors (Lipinski definition) is 4. The molecule has 1 aliphatic heterocycles. The first-order chi connectivity index (χ1) is 8.79. The average molecular weight is 250 g/mol. The molecule has 0 aliphatic carbocycles. The topological polar surface area (TPSA) is 47.7 Å². The highest BCUT2D eigenvalue weighted by Crippen LogP contribution is 2.17. The summed E-state index contributed by atoms with van der Waals surface area (Å²) < 4.78 is 11.3. The maximum absolute atomic E-state index is 5.80. The molecule has 1 atom stereocenters. The van der Waals surface area contributed by atoms with Crippen LogP contribution in [0.5, 0.6) is 5.75 Å². The summed E-state index contributed by atoms with van der Waals surface area (Å²) in [6, 6.07) is 7.94. The van der Waals surface area contributed by atoms with Crippen LogP contribution in [0.15, 0.2) is 24.3 Å². The van der Waals surface area contributed by atoms with Crippen molar-refractivity contribution in [3.63, 3.8) is 0 Å². The number of rotatable bonds is 5. The van der Waals surface area contributed by atoms with Crippen molar-refractivity contribution in [2.45, 2.75) is 19.6 Å². The number of ether oxygens (including phenoxy) is 2. The third-order valence-corrected chi connectivity index (χ3v) is 3.18. The first-order valence-electron chi connectivity index (χ1n) is 6.54. The zero-order chi connectivity index (χ0) is 12.8. The van der Waals surface area contributed by atoms with E-state index in [0.717, 1.165) is 37.6 Å². The maximum atomic E-state index is 5.80. The quantitative estimate of drug-likeness (QED) is 0.854. The van der Waals surface area contributed by atoms with Crippen LogP contribution in [-0.2, 0) is 11.3 Å². The summed E-state index contributed by atoms with van der Waals surface area (Å²) in [5, 5.41) is 0. The third kappa shape index (κ3) is 3.70. The van der Waals surface area contributed by atoms with Crippen LogP contribution in [0, 0.1) is 0 Å². The maximum Gasteiger partial charge on any atom is 0.123 e. The van der Waals surface area contributed by atoms with E-state index < -0.39 is 0 Å². The van der Waals surface area contributed by atoms with Gasteiger partial charge < -0.3 is 15.2 Å². The Hall–Kier alpha value is -1.10. The zero-order valence-corrected chi connectivity index (χ0v) is 11.0. The van der Waals surface area contributed by atoms with E-state index >= 15 is 0 Å². The van der Waals surface area contributed by atoms with Gasteiger partial charge in [0.15, 0.2) is 0 Å². The van der Waals surface area contributed by atoms with Crippen molar-refractivity contribution in [3.05, 3.63) is 29.8 Å². The molecule has 2 rings (SSSR count). The summed E-state index contributed by atoms with van der Waals surface area (Å²) in [5.74, 6) is 0.904. The van der Waals surface area contributed by atoms with Crippen molar-refractivity contribution in [1.82, 2.24) is 4.90 Å². The second kappa shape index (κ2) is 6.73. The lowest BCUT2D eigenvalue weighted by Gasteiger charge is -2.30. The monoisotopic (exact) mass is 250 g/mol. The van der Waals surface area contributed by atoms with E-state index in [1.807, 2.05) is 24.3 Å². The van der Waals surface area contributed by atoms with Crippen LogP contribution < -0.4 is 10.5 Å². The average Bonchev–Trinajstić information content (AvgIpc) is 2.39. The largest absolute Gasteiger partial charge is 0.492 e. The first-order valence-corrected chi connectivity index (χ1v) is 6.54. The molecular weight excluding hydrogens is 228 g/mol. The predicted molar refractivity (Wildman–Crippen MR) is 71.7 cm³/mol. The van der Waals surface area contributed by atoms with Gasteiger partial charge in [-0.15, -0.1) is 0 Å². The van der Waals surface area contributed by atoms with E-state index in [9.17, 15) is 0 Å². The summed E-state index contributed by atoms with van der Waals surface area (Å²) >= 11 is 0. The molecule has 0 saturated carbocycles. The van der Waals surface area contributed by atoms with Crippen molar-refractivity contribution >= 4 is 0 Å². The molecule has 1 aromatic rings. The van der Waals surface area contributed by atoms with Gasteiger partial charge in [-0.2, -0.15) is 0 Å². The molecule has 1 saturated heterocycles. The summed E-state index contributed by atoms with van der Waals surface area (Å²) in [7, 11) is 0. The van der Waals surface area contributed by atoms with E-state index in [0.29, 0.717) is 19.3 Å². The van der Waals surface area contributed by atoms with Crippen LogP contribution >= 0.6 is 0 Å². The fourth-order valence-corrected chi connectivity index (χ4v) is 2.19. The molecule has 0 amide bonds. The molecule has 1 aromatic carbocycles. The van der Waals surface area contributed by atoms with Crippen LogP contribution in [0.2, 0.25) is 0 Å². The van der Waals surface area contributed by atoms with Gasteiger partial charge in [-0.05, 0) is 13.0 Å². The fourth-order valence-electron chi connectivity index (χ4n) is 2.19. The molecule has 2 N–H and O–H groups in total. The predicted octanol–water partition coefficient (Wildman–Crippen LogP) is 1.24. The molecule has 100 valence electrons. The van der Waals surface area contributed by atoms with E-state index in [-0.39, 0.29) is 0 Å². The van der Waals surface area contributed by atoms with E-state index in [1.54, 1.807) is 0 Å². The number of benzene rings is 1. The Balaban J connectivity index is 1.77. The lowest BCUT2D eigenvalue weighted by atomic mass is 10.2. The SMILES string of the molecule is CC1CN(CCOc2ccccc2CN)CCO1. The van der Waals surface area contributed by atoms with Gasteiger partial charge in [-0.1, -0.05) is 18.2 Å². The van der Waals surface area contributed by atoms with Crippen molar-refractivity contribution in [3.8, 4) is 5.75 Å². The minimum Gasteiger partial charge on any atom is -0.492 e. The Morgan fingerprint density at radius 2 is 2.28 bits per heavy atom. The molecule has 0 spiro atoms.